The van der Waals surface area contributed by atoms with Gasteiger partial charge in [-0.25, -0.2) is 0 Å². The summed E-state index contributed by atoms with van der Waals surface area (Å²) in [5.74, 6) is 0.762. The molecule has 0 aromatic carbocycles. The van der Waals surface area contributed by atoms with Crippen LogP contribution in [0.2, 0.25) is 0 Å². The smallest absolute Gasteiger partial charge is 0.0700 e. The topological polar surface area (TPSA) is 39.7 Å². The Hall–Kier alpha value is -0.160. The van der Waals surface area contributed by atoms with Crippen LogP contribution in [-0.4, -0.2) is 53.7 Å². The number of nitrogens with one attached hydrogen (secondary N) is 1. The molecule has 0 spiro atoms. The molecular weight excluding hydrogens is 230 g/mol. The second kappa shape index (κ2) is 14.9. The molecule has 0 radical (unpaired) electrons. The largest absolute Gasteiger partial charge is 0.383 e. The SMILES string of the molecule is CCCC(CCCOCCOC)CNCCOC. The van der Waals surface area contributed by atoms with Gasteiger partial charge in [0.05, 0.1) is 19.8 Å². The molecule has 4 nitrogen and oxygen atoms in total. The average molecular weight is 261 g/mol. The lowest BCUT2D eigenvalue weighted by atomic mass is 9.98. The zero-order valence-electron chi connectivity index (χ0n) is 12.4. The molecule has 0 aliphatic rings. The van der Waals surface area contributed by atoms with Gasteiger partial charge in [0.15, 0.2) is 0 Å². The second-order valence-corrected chi connectivity index (χ2v) is 4.60. The number of hydrogen-bond acceptors (Lipinski definition) is 4. The van der Waals surface area contributed by atoms with Crippen molar-refractivity contribution in [2.24, 2.45) is 5.92 Å². The monoisotopic (exact) mass is 261 g/mol. The van der Waals surface area contributed by atoms with Gasteiger partial charge in [0.2, 0.25) is 0 Å². The van der Waals surface area contributed by atoms with Crippen LogP contribution in [0.25, 0.3) is 0 Å². The van der Waals surface area contributed by atoms with Gasteiger partial charge < -0.3 is 19.5 Å². The van der Waals surface area contributed by atoms with Gasteiger partial charge >= 0.3 is 0 Å². The summed E-state index contributed by atoms with van der Waals surface area (Å²) in [6.07, 6.45) is 4.92. The van der Waals surface area contributed by atoms with Crippen LogP contribution in [0.1, 0.15) is 32.6 Å². The van der Waals surface area contributed by atoms with Gasteiger partial charge in [0.1, 0.15) is 0 Å². The van der Waals surface area contributed by atoms with E-state index in [0.29, 0.717) is 13.2 Å². The zero-order valence-corrected chi connectivity index (χ0v) is 12.4. The predicted molar refractivity (Wildman–Crippen MR) is 75.1 cm³/mol. The van der Waals surface area contributed by atoms with Crippen molar-refractivity contribution in [2.75, 3.05) is 53.7 Å². The highest BCUT2D eigenvalue weighted by atomic mass is 16.5. The molecule has 0 saturated heterocycles. The first kappa shape index (κ1) is 17.8. The molecule has 1 N–H and O–H groups in total. The Kier molecular flexibility index (Phi) is 14.8. The minimum Gasteiger partial charge on any atom is -0.383 e. The molecule has 0 saturated carbocycles. The van der Waals surface area contributed by atoms with E-state index in [9.17, 15) is 0 Å². The fraction of sp³-hybridized carbons (Fsp3) is 1.00. The Balaban J connectivity index is 3.44. The third-order valence-corrected chi connectivity index (χ3v) is 2.95. The molecule has 0 aliphatic carbocycles. The van der Waals surface area contributed by atoms with E-state index in [1.165, 1.54) is 19.3 Å². The lowest BCUT2D eigenvalue weighted by Crippen LogP contribution is -2.26. The standard InChI is InChI=1S/C14H31NO3/c1-4-6-14(13-15-8-10-16-2)7-5-9-18-12-11-17-3/h14-15H,4-13H2,1-3H3. The van der Waals surface area contributed by atoms with E-state index < -0.39 is 0 Å². The summed E-state index contributed by atoms with van der Waals surface area (Å²) < 4.78 is 15.4. The van der Waals surface area contributed by atoms with Gasteiger partial charge in [0.25, 0.3) is 0 Å². The van der Waals surface area contributed by atoms with Crippen LogP contribution in [0.3, 0.4) is 0 Å². The van der Waals surface area contributed by atoms with E-state index in [-0.39, 0.29) is 0 Å². The van der Waals surface area contributed by atoms with Crippen molar-refractivity contribution in [3.05, 3.63) is 0 Å². The van der Waals surface area contributed by atoms with Crippen molar-refractivity contribution < 1.29 is 14.2 Å². The molecule has 110 valence electrons. The fourth-order valence-corrected chi connectivity index (χ4v) is 1.96. The highest BCUT2D eigenvalue weighted by molar-refractivity contribution is 4.62. The lowest BCUT2D eigenvalue weighted by Gasteiger charge is -2.16. The first-order chi connectivity index (χ1) is 8.85. The van der Waals surface area contributed by atoms with E-state index in [4.69, 9.17) is 14.2 Å². The zero-order chi connectivity index (χ0) is 13.5. The lowest BCUT2D eigenvalue weighted by molar-refractivity contribution is 0.0670. The second-order valence-electron chi connectivity index (χ2n) is 4.60. The maximum absolute atomic E-state index is 5.48. The van der Waals surface area contributed by atoms with Gasteiger partial charge in [-0.05, 0) is 31.7 Å². The molecule has 1 unspecified atom stereocenters. The Bertz CT molecular complexity index is 156. The quantitative estimate of drug-likeness (QED) is 0.486. The van der Waals surface area contributed by atoms with Gasteiger partial charge in [0, 0.05) is 27.4 Å². The van der Waals surface area contributed by atoms with Crippen LogP contribution in [0.15, 0.2) is 0 Å². The molecule has 0 bridgehead atoms. The summed E-state index contributed by atoms with van der Waals surface area (Å²) >= 11 is 0. The van der Waals surface area contributed by atoms with Crippen LogP contribution in [-0.2, 0) is 14.2 Å². The molecule has 0 aliphatic heterocycles. The molecule has 0 aromatic heterocycles. The number of hydrogen-bond donors (Lipinski definition) is 1. The van der Waals surface area contributed by atoms with Crippen molar-refractivity contribution in [2.45, 2.75) is 32.6 Å². The van der Waals surface area contributed by atoms with Crippen LogP contribution in [0.4, 0.5) is 0 Å². The number of ether oxygens (including phenoxy) is 3. The molecule has 0 fully saturated rings. The summed E-state index contributed by atoms with van der Waals surface area (Å²) in [4.78, 5) is 0. The summed E-state index contributed by atoms with van der Waals surface area (Å²) in [6, 6.07) is 0. The highest BCUT2D eigenvalue weighted by Crippen LogP contribution is 2.12. The molecule has 4 heteroatoms. The van der Waals surface area contributed by atoms with Crippen molar-refractivity contribution in [1.29, 1.82) is 0 Å². The van der Waals surface area contributed by atoms with Crippen molar-refractivity contribution in [3.8, 4) is 0 Å². The maximum Gasteiger partial charge on any atom is 0.0700 e. The van der Waals surface area contributed by atoms with E-state index >= 15 is 0 Å². The summed E-state index contributed by atoms with van der Waals surface area (Å²) in [5, 5.41) is 3.45. The third-order valence-electron chi connectivity index (χ3n) is 2.95. The minimum absolute atomic E-state index is 0.691. The Labute approximate surface area is 112 Å². The van der Waals surface area contributed by atoms with E-state index in [0.717, 1.165) is 38.6 Å². The Morgan fingerprint density at radius 1 is 0.944 bits per heavy atom. The summed E-state index contributed by atoms with van der Waals surface area (Å²) in [6.45, 7) is 7.33. The van der Waals surface area contributed by atoms with E-state index in [1.54, 1.807) is 14.2 Å². The molecule has 0 rings (SSSR count). The first-order valence-electron chi connectivity index (χ1n) is 7.11. The summed E-state index contributed by atoms with van der Waals surface area (Å²) in [7, 11) is 3.44. The molecule has 0 heterocycles. The van der Waals surface area contributed by atoms with Crippen molar-refractivity contribution in [1.82, 2.24) is 5.32 Å². The van der Waals surface area contributed by atoms with Gasteiger partial charge in [-0.15, -0.1) is 0 Å². The van der Waals surface area contributed by atoms with E-state index in [2.05, 4.69) is 12.2 Å². The third kappa shape index (κ3) is 12.3. The van der Waals surface area contributed by atoms with Crippen LogP contribution < -0.4 is 5.32 Å². The number of methoxy groups -OCH3 is 2. The Morgan fingerprint density at radius 2 is 1.72 bits per heavy atom. The molecule has 0 aromatic rings. The van der Waals surface area contributed by atoms with Crippen molar-refractivity contribution >= 4 is 0 Å². The predicted octanol–water partition coefficient (Wildman–Crippen LogP) is 2.08. The molecule has 0 amide bonds. The number of rotatable bonds is 14. The van der Waals surface area contributed by atoms with Gasteiger partial charge in [-0.1, -0.05) is 13.3 Å². The van der Waals surface area contributed by atoms with Crippen LogP contribution in [0.5, 0.6) is 0 Å². The highest BCUT2D eigenvalue weighted by Gasteiger charge is 2.06. The van der Waals surface area contributed by atoms with E-state index in [1.807, 2.05) is 0 Å². The van der Waals surface area contributed by atoms with Crippen molar-refractivity contribution in [3.63, 3.8) is 0 Å². The molecule has 18 heavy (non-hydrogen) atoms. The van der Waals surface area contributed by atoms with Crippen LogP contribution in [0, 0.1) is 5.92 Å². The maximum atomic E-state index is 5.48. The fourth-order valence-electron chi connectivity index (χ4n) is 1.96. The molecular formula is C14H31NO3. The summed E-state index contributed by atoms with van der Waals surface area (Å²) in [5.41, 5.74) is 0. The van der Waals surface area contributed by atoms with Crippen LogP contribution >= 0.6 is 0 Å². The van der Waals surface area contributed by atoms with Gasteiger partial charge in [-0.3, -0.25) is 0 Å². The minimum atomic E-state index is 0.691. The Morgan fingerprint density at radius 3 is 2.39 bits per heavy atom. The van der Waals surface area contributed by atoms with Gasteiger partial charge in [-0.2, -0.15) is 0 Å². The average Bonchev–Trinajstić information content (AvgIpc) is 2.38. The first-order valence-corrected chi connectivity index (χ1v) is 7.11. The normalized spacial score (nSPS) is 12.8. The molecule has 1 atom stereocenters.